The van der Waals surface area contributed by atoms with Crippen LogP contribution in [0.25, 0.3) is 10.9 Å². The first kappa shape index (κ1) is 28.8. The van der Waals surface area contributed by atoms with Crippen molar-refractivity contribution in [2.75, 3.05) is 0 Å². The van der Waals surface area contributed by atoms with Crippen LogP contribution >= 0.6 is 0 Å². The van der Waals surface area contributed by atoms with Crippen LogP contribution < -0.4 is 4.74 Å². The fourth-order valence-electron chi connectivity index (χ4n) is 5.27. The fraction of sp³-hybridized carbons (Fsp3) is 0.545. The van der Waals surface area contributed by atoms with E-state index in [0.717, 1.165) is 34.9 Å². The number of rotatable bonds is 20. The Balaban J connectivity index is 1.47. The van der Waals surface area contributed by atoms with Crippen LogP contribution in [0.4, 0.5) is 0 Å². The average molecular weight is 506 g/mol. The van der Waals surface area contributed by atoms with Gasteiger partial charge in [0.2, 0.25) is 0 Å². The summed E-state index contributed by atoms with van der Waals surface area (Å²) in [5.41, 5.74) is 3.16. The molecule has 37 heavy (non-hydrogen) atoms. The van der Waals surface area contributed by atoms with Gasteiger partial charge in [-0.3, -0.25) is 4.79 Å². The summed E-state index contributed by atoms with van der Waals surface area (Å²) in [5, 5.41) is 10.7. The van der Waals surface area contributed by atoms with Crippen molar-refractivity contribution in [1.29, 1.82) is 0 Å². The van der Waals surface area contributed by atoms with E-state index in [2.05, 4.69) is 13.0 Å². The number of benzene rings is 2. The number of aromatic nitrogens is 1. The highest BCUT2D eigenvalue weighted by atomic mass is 16.5. The molecule has 0 aliphatic carbocycles. The van der Waals surface area contributed by atoms with Gasteiger partial charge in [0, 0.05) is 10.9 Å². The maximum Gasteiger partial charge on any atom is 0.323 e. The Morgan fingerprint density at radius 3 is 1.86 bits per heavy atom. The van der Waals surface area contributed by atoms with Crippen molar-refractivity contribution >= 4 is 16.9 Å². The maximum absolute atomic E-state index is 11.7. The lowest BCUT2D eigenvalue weighted by molar-refractivity contribution is -0.137. The van der Waals surface area contributed by atoms with Crippen molar-refractivity contribution in [1.82, 2.24) is 4.57 Å². The van der Waals surface area contributed by atoms with E-state index in [-0.39, 0.29) is 6.54 Å². The van der Waals surface area contributed by atoms with Crippen LogP contribution in [0.5, 0.6) is 5.88 Å². The van der Waals surface area contributed by atoms with Gasteiger partial charge in [0.1, 0.15) is 13.2 Å². The van der Waals surface area contributed by atoms with E-state index >= 15 is 0 Å². The molecule has 0 aliphatic heterocycles. The van der Waals surface area contributed by atoms with Crippen LogP contribution in [0.3, 0.4) is 0 Å². The Bertz CT molecular complexity index is 1040. The molecule has 0 bridgehead atoms. The lowest BCUT2D eigenvalue weighted by Crippen LogP contribution is -2.11. The van der Waals surface area contributed by atoms with E-state index in [0.29, 0.717) is 12.5 Å². The lowest BCUT2D eigenvalue weighted by atomic mass is 10.0. The van der Waals surface area contributed by atoms with E-state index in [1.54, 1.807) is 0 Å². The minimum Gasteiger partial charge on any atom is -0.480 e. The number of fused-ring (bicyclic) bond motifs is 1. The highest BCUT2D eigenvalue weighted by Crippen LogP contribution is 2.34. The molecule has 0 saturated heterocycles. The molecular weight excluding hydrogens is 458 g/mol. The number of ether oxygens (including phenoxy) is 1. The molecule has 0 spiro atoms. The average Bonchev–Trinajstić information content (AvgIpc) is 3.20. The van der Waals surface area contributed by atoms with E-state index in [1.807, 2.05) is 53.1 Å². The monoisotopic (exact) mass is 505 g/mol. The SMILES string of the molecule is CCCCCCCCCCCCCCCCc1c(OCc2ccccc2)n(CC(=O)O)c2ccccc12. The van der Waals surface area contributed by atoms with Crippen molar-refractivity contribution in [2.24, 2.45) is 0 Å². The van der Waals surface area contributed by atoms with Gasteiger partial charge in [0.25, 0.3) is 0 Å². The Labute approximate surface area is 224 Å². The van der Waals surface area contributed by atoms with Crippen molar-refractivity contribution in [2.45, 2.75) is 116 Å². The predicted molar refractivity (Wildman–Crippen MR) is 154 cm³/mol. The number of hydrogen-bond donors (Lipinski definition) is 1. The molecule has 2 aromatic carbocycles. The molecule has 4 heteroatoms. The Morgan fingerprint density at radius 1 is 0.730 bits per heavy atom. The summed E-state index contributed by atoms with van der Waals surface area (Å²) >= 11 is 0. The van der Waals surface area contributed by atoms with Crippen LogP contribution in [-0.2, 0) is 24.4 Å². The Hall–Kier alpha value is -2.75. The molecule has 0 radical (unpaired) electrons. The third-order valence-electron chi connectivity index (χ3n) is 7.32. The van der Waals surface area contributed by atoms with Gasteiger partial charge in [-0.2, -0.15) is 0 Å². The topological polar surface area (TPSA) is 51.5 Å². The van der Waals surface area contributed by atoms with Gasteiger partial charge in [-0.1, -0.05) is 139 Å². The molecule has 4 nitrogen and oxygen atoms in total. The third kappa shape index (κ3) is 9.91. The zero-order chi connectivity index (χ0) is 26.1. The molecule has 1 N–H and O–H groups in total. The summed E-state index contributed by atoms with van der Waals surface area (Å²) in [6.07, 6.45) is 19.7. The number of carboxylic acid groups (broad SMARTS) is 1. The smallest absolute Gasteiger partial charge is 0.323 e. The molecule has 1 aromatic heterocycles. The minimum absolute atomic E-state index is 0.0939. The van der Waals surface area contributed by atoms with E-state index in [1.165, 1.54) is 83.5 Å². The standard InChI is InChI=1S/C33H47NO3/c1-2-3-4-5-6-7-8-9-10-11-12-13-14-18-24-30-29-23-19-20-25-31(29)34(26-32(35)36)33(30)37-27-28-21-16-15-17-22-28/h15-17,19-23,25H,2-14,18,24,26-27H2,1H3,(H,35,36). The van der Waals surface area contributed by atoms with Gasteiger partial charge in [-0.25, -0.2) is 0 Å². The normalized spacial score (nSPS) is 11.3. The van der Waals surface area contributed by atoms with Crippen molar-refractivity contribution < 1.29 is 14.6 Å². The van der Waals surface area contributed by atoms with E-state index < -0.39 is 5.97 Å². The summed E-state index contributed by atoms with van der Waals surface area (Å²) in [7, 11) is 0. The van der Waals surface area contributed by atoms with Crippen molar-refractivity contribution in [3.63, 3.8) is 0 Å². The van der Waals surface area contributed by atoms with Gasteiger partial charge in [0.05, 0.1) is 5.52 Å². The molecule has 1 heterocycles. The summed E-state index contributed by atoms with van der Waals surface area (Å²) in [6, 6.07) is 18.2. The molecule has 202 valence electrons. The summed E-state index contributed by atoms with van der Waals surface area (Å²) in [4.78, 5) is 11.7. The van der Waals surface area contributed by atoms with Crippen molar-refractivity contribution in [3.05, 3.63) is 65.7 Å². The number of para-hydroxylation sites is 1. The molecule has 0 unspecified atom stereocenters. The molecule has 0 saturated carbocycles. The number of hydrogen-bond acceptors (Lipinski definition) is 2. The van der Waals surface area contributed by atoms with Gasteiger partial charge < -0.3 is 14.4 Å². The zero-order valence-electron chi connectivity index (χ0n) is 22.9. The van der Waals surface area contributed by atoms with Crippen molar-refractivity contribution in [3.8, 4) is 5.88 Å². The zero-order valence-corrected chi connectivity index (χ0v) is 22.9. The first-order valence-electron chi connectivity index (χ1n) is 14.7. The molecule has 0 atom stereocenters. The number of nitrogens with zero attached hydrogens (tertiary/aromatic N) is 1. The first-order valence-corrected chi connectivity index (χ1v) is 14.7. The molecule has 3 rings (SSSR count). The van der Waals surface area contributed by atoms with E-state index in [9.17, 15) is 9.90 Å². The number of aryl methyl sites for hydroxylation is 1. The van der Waals surface area contributed by atoms with E-state index in [4.69, 9.17) is 4.74 Å². The molecule has 3 aromatic rings. The fourth-order valence-corrected chi connectivity index (χ4v) is 5.27. The predicted octanol–water partition coefficient (Wildman–Crippen LogP) is 9.33. The quantitative estimate of drug-likeness (QED) is 0.156. The summed E-state index contributed by atoms with van der Waals surface area (Å²) in [6.45, 7) is 2.62. The summed E-state index contributed by atoms with van der Waals surface area (Å²) < 4.78 is 8.14. The van der Waals surface area contributed by atoms with Crippen LogP contribution in [0, 0.1) is 0 Å². The highest BCUT2D eigenvalue weighted by Gasteiger charge is 2.20. The summed E-state index contributed by atoms with van der Waals surface area (Å²) in [5.74, 6) is -0.143. The second-order valence-corrected chi connectivity index (χ2v) is 10.4. The van der Waals surface area contributed by atoms with Crippen LogP contribution in [0.1, 0.15) is 108 Å². The molecule has 0 amide bonds. The van der Waals surface area contributed by atoms with Crippen LogP contribution in [0.2, 0.25) is 0 Å². The Morgan fingerprint density at radius 2 is 1.27 bits per heavy atom. The maximum atomic E-state index is 11.7. The highest BCUT2D eigenvalue weighted by molar-refractivity contribution is 5.88. The second kappa shape index (κ2) is 16.9. The molecule has 0 aliphatic rings. The molecular formula is C33H47NO3. The minimum atomic E-state index is -0.853. The van der Waals surface area contributed by atoms with Crippen LogP contribution in [0.15, 0.2) is 54.6 Å². The van der Waals surface area contributed by atoms with Gasteiger partial charge >= 0.3 is 5.97 Å². The Kier molecular flexibility index (Phi) is 13.2. The molecule has 0 fully saturated rings. The lowest BCUT2D eigenvalue weighted by Gasteiger charge is -2.12. The number of carbonyl (C=O) groups is 1. The van der Waals surface area contributed by atoms with Crippen LogP contribution in [-0.4, -0.2) is 15.6 Å². The van der Waals surface area contributed by atoms with Gasteiger partial charge in [0.15, 0.2) is 5.88 Å². The third-order valence-corrected chi connectivity index (χ3v) is 7.32. The van der Waals surface area contributed by atoms with Gasteiger partial charge in [-0.15, -0.1) is 0 Å². The second-order valence-electron chi connectivity index (χ2n) is 10.4. The first-order chi connectivity index (χ1) is 18.2. The number of aliphatic carboxylic acids is 1. The van der Waals surface area contributed by atoms with Gasteiger partial charge in [-0.05, 0) is 24.5 Å². The number of carboxylic acids is 1. The number of unbranched alkanes of at least 4 members (excludes halogenated alkanes) is 13. The largest absolute Gasteiger partial charge is 0.480 e.